The summed E-state index contributed by atoms with van der Waals surface area (Å²) in [4.78, 5) is 12.2. The molecule has 0 spiro atoms. The van der Waals surface area contributed by atoms with Crippen molar-refractivity contribution in [3.8, 4) is 0 Å². The van der Waals surface area contributed by atoms with Crippen LogP contribution >= 0.6 is 15.9 Å². The molecule has 0 aliphatic heterocycles. The molecule has 112 valence electrons. The molecule has 1 saturated carbocycles. The van der Waals surface area contributed by atoms with Gasteiger partial charge in [-0.1, -0.05) is 6.42 Å². The highest BCUT2D eigenvalue weighted by Gasteiger charge is 2.27. The summed E-state index contributed by atoms with van der Waals surface area (Å²) in [6.07, 6.45) is 4.78. The smallest absolute Gasteiger partial charge is 0.291 e. The normalized spacial score (nSPS) is 16.0. The van der Waals surface area contributed by atoms with Gasteiger partial charge in [0.15, 0.2) is 0 Å². The lowest BCUT2D eigenvalue weighted by atomic mass is 9.85. The maximum absolute atomic E-state index is 13.1. The highest BCUT2D eigenvalue weighted by Crippen LogP contribution is 2.27. The van der Waals surface area contributed by atoms with Crippen LogP contribution in [0.25, 0.3) is 0 Å². The second-order valence-corrected chi connectivity index (χ2v) is 5.92. The number of hydrogen-bond donors (Lipinski definition) is 2. The van der Waals surface area contributed by atoms with Gasteiger partial charge in [-0.25, -0.2) is 13.5 Å². The van der Waals surface area contributed by atoms with Crippen molar-refractivity contribution in [3.05, 3.63) is 21.0 Å². The first-order valence-corrected chi connectivity index (χ1v) is 7.29. The van der Waals surface area contributed by atoms with E-state index in [9.17, 15) is 13.6 Å². The fourth-order valence-electron chi connectivity index (χ4n) is 1.97. The highest BCUT2D eigenvalue weighted by atomic mass is 79.9. The zero-order valence-electron chi connectivity index (χ0n) is 10.9. The van der Waals surface area contributed by atoms with Crippen molar-refractivity contribution in [2.24, 2.45) is 11.7 Å². The second kappa shape index (κ2) is 6.17. The standard InChI is InChI=1S/C12H17BrF2N4O/c13-9-4-18-19(5-8-2-1-3-8)11(20)10(9)17-7-12(14,15)6-16/h4,8,17H,1-3,5-7,16H2. The molecule has 2 rings (SSSR count). The van der Waals surface area contributed by atoms with E-state index in [2.05, 4.69) is 26.3 Å². The molecular weight excluding hydrogens is 334 g/mol. The van der Waals surface area contributed by atoms with Crippen LogP contribution in [0.3, 0.4) is 0 Å². The third-order valence-corrected chi connectivity index (χ3v) is 4.08. The molecule has 0 aromatic carbocycles. The molecule has 1 aromatic rings. The predicted molar refractivity (Wildman–Crippen MR) is 76.0 cm³/mol. The largest absolute Gasteiger partial charge is 0.373 e. The number of aromatic nitrogens is 2. The van der Waals surface area contributed by atoms with Crippen LogP contribution in [0.4, 0.5) is 14.5 Å². The molecule has 8 heteroatoms. The molecule has 0 bridgehead atoms. The average molecular weight is 351 g/mol. The van der Waals surface area contributed by atoms with Crippen molar-refractivity contribution in [3.63, 3.8) is 0 Å². The lowest BCUT2D eigenvalue weighted by molar-refractivity contribution is 0.0253. The molecule has 0 amide bonds. The molecule has 1 aliphatic carbocycles. The van der Waals surface area contributed by atoms with E-state index in [4.69, 9.17) is 5.73 Å². The van der Waals surface area contributed by atoms with Gasteiger partial charge in [-0.2, -0.15) is 5.10 Å². The van der Waals surface area contributed by atoms with Gasteiger partial charge in [-0.05, 0) is 34.7 Å². The number of nitrogens with two attached hydrogens (primary N) is 1. The minimum atomic E-state index is -3.05. The van der Waals surface area contributed by atoms with Gasteiger partial charge in [0.1, 0.15) is 5.69 Å². The number of nitrogens with one attached hydrogen (secondary N) is 1. The maximum Gasteiger partial charge on any atom is 0.291 e. The first-order valence-electron chi connectivity index (χ1n) is 6.50. The first kappa shape index (κ1) is 15.4. The number of rotatable bonds is 6. The molecule has 1 aromatic heterocycles. The Bertz CT molecular complexity index is 531. The van der Waals surface area contributed by atoms with Crippen molar-refractivity contribution in [1.29, 1.82) is 0 Å². The van der Waals surface area contributed by atoms with Crippen LogP contribution in [0, 0.1) is 5.92 Å². The van der Waals surface area contributed by atoms with E-state index in [1.54, 1.807) is 0 Å². The topological polar surface area (TPSA) is 72.9 Å². The first-order chi connectivity index (χ1) is 9.43. The van der Waals surface area contributed by atoms with Gasteiger partial charge in [-0.15, -0.1) is 0 Å². The summed E-state index contributed by atoms with van der Waals surface area (Å²) < 4.78 is 28.0. The lowest BCUT2D eigenvalue weighted by Gasteiger charge is -2.25. The maximum atomic E-state index is 13.1. The molecule has 1 aliphatic rings. The Morgan fingerprint density at radius 1 is 1.55 bits per heavy atom. The molecule has 0 unspecified atom stereocenters. The van der Waals surface area contributed by atoms with E-state index in [0.717, 1.165) is 12.8 Å². The Hall–Kier alpha value is -1.02. The summed E-state index contributed by atoms with van der Waals surface area (Å²) in [5.41, 5.74) is 4.68. The SMILES string of the molecule is NCC(F)(F)CNc1c(Br)cnn(CC2CCC2)c1=O. The number of nitrogens with zero attached hydrogens (tertiary/aromatic N) is 2. The summed E-state index contributed by atoms with van der Waals surface area (Å²) in [6.45, 7) is -0.905. The summed E-state index contributed by atoms with van der Waals surface area (Å²) in [5, 5.41) is 6.50. The van der Waals surface area contributed by atoms with E-state index >= 15 is 0 Å². The van der Waals surface area contributed by atoms with Gasteiger partial charge in [0, 0.05) is 6.54 Å². The predicted octanol–water partition coefficient (Wildman–Crippen LogP) is 1.81. The highest BCUT2D eigenvalue weighted by molar-refractivity contribution is 9.10. The average Bonchev–Trinajstić information content (AvgIpc) is 2.35. The van der Waals surface area contributed by atoms with Crippen LogP contribution in [0.15, 0.2) is 15.5 Å². The van der Waals surface area contributed by atoms with E-state index in [0.29, 0.717) is 16.9 Å². The van der Waals surface area contributed by atoms with Gasteiger partial charge in [0.2, 0.25) is 0 Å². The van der Waals surface area contributed by atoms with Gasteiger partial charge in [0.25, 0.3) is 11.5 Å². The Balaban J connectivity index is 2.14. The van der Waals surface area contributed by atoms with Gasteiger partial charge < -0.3 is 11.1 Å². The van der Waals surface area contributed by atoms with E-state index in [1.165, 1.54) is 17.3 Å². The Kier molecular flexibility index (Phi) is 4.74. The van der Waals surface area contributed by atoms with Gasteiger partial charge in [0.05, 0.1) is 23.8 Å². The van der Waals surface area contributed by atoms with Gasteiger partial charge >= 0.3 is 0 Å². The van der Waals surface area contributed by atoms with Crippen molar-refractivity contribution in [2.45, 2.75) is 31.7 Å². The summed E-state index contributed by atoms with van der Waals surface area (Å²) in [7, 11) is 0. The molecule has 5 nitrogen and oxygen atoms in total. The van der Waals surface area contributed by atoms with Gasteiger partial charge in [-0.3, -0.25) is 4.79 Å². The van der Waals surface area contributed by atoms with E-state index in [1.807, 2.05) is 0 Å². The molecule has 1 heterocycles. The quantitative estimate of drug-likeness (QED) is 0.820. The van der Waals surface area contributed by atoms with Crippen molar-refractivity contribution in [1.82, 2.24) is 9.78 Å². The van der Waals surface area contributed by atoms with Crippen LogP contribution in [0.1, 0.15) is 19.3 Å². The Labute approximate surface area is 123 Å². The van der Waals surface area contributed by atoms with Crippen molar-refractivity contribution < 1.29 is 8.78 Å². The molecule has 1 fully saturated rings. The minimum Gasteiger partial charge on any atom is -0.373 e. The molecule has 3 N–H and O–H groups in total. The van der Waals surface area contributed by atoms with E-state index < -0.39 is 19.0 Å². The van der Waals surface area contributed by atoms with Crippen LogP contribution in [0.5, 0.6) is 0 Å². The monoisotopic (exact) mass is 350 g/mol. The molecule has 0 radical (unpaired) electrons. The van der Waals surface area contributed by atoms with Crippen LogP contribution in [-0.4, -0.2) is 28.8 Å². The fourth-order valence-corrected chi connectivity index (χ4v) is 2.37. The zero-order valence-corrected chi connectivity index (χ0v) is 12.5. The Morgan fingerprint density at radius 2 is 2.25 bits per heavy atom. The third kappa shape index (κ3) is 3.54. The summed E-state index contributed by atoms with van der Waals surface area (Å²) in [6, 6.07) is 0. The third-order valence-electron chi connectivity index (χ3n) is 3.48. The zero-order chi connectivity index (χ0) is 14.8. The van der Waals surface area contributed by atoms with Crippen molar-refractivity contribution in [2.75, 3.05) is 18.4 Å². The molecule has 0 atom stereocenters. The second-order valence-electron chi connectivity index (χ2n) is 5.07. The van der Waals surface area contributed by atoms with E-state index in [-0.39, 0.29) is 11.2 Å². The summed E-state index contributed by atoms with van der Waals surface area (Å²) in [5.74, 6) is -2.59. The number of halogens is 3. The van der Waals surface area contributed by atoms with Crippen molar-refractivity contribution >= 4 is 21.6 Å². The van der Waals surface area contributed by atoms with Crippen LogP contribution in [-0.2, 0) is 6.54 Å². The number of anilines is 1. The lowest BCUT2D eigenvalue weighted by Crippen LogP contribution is -2.38. The molecule has 20 heavy (non-hydrogen) atoms. The molecule has 0 saturated heterocycles. The van der Waals surface area contributed by atoms with Crippen LogP contribution in [0.2, 0.25) is 0 Å². The number of alkyl halides is 2. The Morgan fingerprint density at radius 3 is 2.80 bits per heavy atom. The number of hydrogen-bond acceptors (Lipinski definition) is 4. The minimum absolute atomic E-state index is 0.104. The fraction of sp³-hybridized carbons (Fsp3) is 0.667. The van der Waals surface area contributed by atoms with Crippen LogP contribution < -0.4 is 16.6 Å². The summed E-state index contributed by atoms with van der Waals surface area (Å²) >= 11 is 3.15. The molecular formula is C12H17BrF2N4O.